The fourth-order valence-corrected chi connectivity index (χ4v) is 3.77. The maximum atomic E-state index is 3.56. The van der Waals surface area contributed by atoms with Gasteiger partial charge in [0, 0.05) is 34.2 Å². The highest BCUT2D eigenvalue weighted by Gasteiger charge is 2.19. The molecule has 1 aromatic carbocycles. The van der Waals surface area contributed by atoms with Crippen molar-refractivity contribution in [1.29, 1.82) is 0 Å². The molecule has 0 bridgehead atoms. The lowest BCUT2D eigenvalue weighted by atomic mass is 10.1. The molecule has 94 valence electrons. The number of fused-ring (bicyclic) bond motifs is 1. The fraction of sp³-hybridized carbons (Fsp3) is 0.286. The maximum absolute atomic E-state index is 3.56. The number of halogens is 1. The van der Waals surface area contributed by atoms with Crippen LogP contribution in [-0.2, 0) is 13.0 Å². The van der Waals surface area contributed by atoms with Crippen molar-refractivity contribution in [1.82, 2.24) is 5.32 Å². The second-order valence-corrected chi connectivity index (χ2v) is 6.38. The first kappa shape index (κ1) is 12.2. The van der Waals surface area contributed by atoms with E-state index in [0.29, 0.717) is 6.04 Å². The number of rotatable bonds is 4. The Morgan fingerprint density at radius 3 is 3.00 bits per heavy atom. The third-order valence-electron chi connectivity index (χ3n) is 3.21. The lowest BCUT2D eigenvalue weighted by Crippen LogP contribution is -2.30. The van der Waals surface area contributed by atoms with Crippen molar-refractivity contribution in [2.75, 3.05) is 11.9 Å². The third kappa shape index (κ3) is 2.60. The topological polar surface area (TPSA) is 24.1 Å². The van der Waals surface area contributed by atoms with Crippen LogP contribution in [0.5, 0.6) is 0 Å². The molecule has 0 amide bonds. The van der Waals surface area contributed by atoms with Crippen molar-refractivity contribution in [2.24, 2.45) is 0 Å². The van der Waals surface area contributed by atoms with Crippen molar-refractivity contribution < 1.29 is 0 Å². The summed E-state index contributed by atoms with van der Waals surface area (Å²) in [7, 11) is 0. The summed E-state index contributed by atoms with van der Waals surface area (Å²) in [6.07, 6.45) is 1.12. The molecular weight excluding hydrogens is 308 g/mol. The summed E-state index contributed by atoms with van der Waals surface area (Å²) in [6.45, 7) is 1.94. The Balaban J connectivity index is 1.50. The molecule has 18 heavy (non-hydrogen) atoms. The highest BCUT2D eigenvalue weighted by Crippen LogP contribution is 2.25. The summed E-state index contributed by atoms with van der Waals surface area (Å²) in [5, 5.41) is 9.20. The first-order valence-electron chi connectivity index (χ1n) is 6.10. The zero-order valence-corrected chi connectivity index (χ0v) is 12.4. The highest BCUT2D eigenvalue weighted by molar-refractivity contribution is 9.10. The van der Waals surface area contributed by atoms with Gasteiger partial charge in [-0.05, 0) is 45.4 Å². The van der Waals surface area contributed by atoms with Crippen LogP contribution in [0.2, 0.25) is 0 Å². The predicted octanol–water partition coefficient (Wildman–Crippen LogP) is 3.64. The SMILES string of the molecule is Brc1ccsc1CNCC1Cc2ccccc2N1. The van der Waals surface area contributed by atoms with E-state index in [1.165, 1.54) is 20.6 Å². The standard InChI is InChI=1S/C14H15BrN2S/c15-12-5-6-18-14(12)9-16-8-11-7-10-3-1-2-4-13(10)17-11/h1-6,11,16-17H,7-9H2. The van der Waals surface area contributed by atoms with Crippen LogP contribution in [0.4, 0.5) is 5.69 Å². The third-order valence-corrected chi connectivity index (χ3v) is 5.14. The van der Waals surface area contributed by atoms with Crippen molar-refractivity contribution in [3.8, 4) is 0 Å². The Kier molecular flexibility index (Phi) is 3.68. The molecule has 0 saturated carbocycles. The number of hydrogen-bond acceptors (Lipinski definition) is 3. The average Bonchev–Trinajstić information content (AvgIpc) is 2.96. The van der Waals surface area contributed by atoms with Crippen molar-refractivity contribution >= 4 is 33.0 Å². The zero-order chi connectivity index (χ0) is 12.4. The molecule has 1 atom stereocenters. The van der Waals surface area contributed by atoms with Crippen LogP contribution in [0.25, 0.3) is 0 Å². The molecule has 2 heterocycles. The van der Waals surface area contributed by atoms with E-state index in [1.54, 1.807) is 11.3 Å². The summed E-state index contributed by atoms with van der Waals surface area (Å²) in [4.78, 5) is 1.37. The first-order chi connectivity index (χ1) is 8.83. The molecule has 2 aromatic rings. The van der Waals surface area contributed by atoms with Gasteiger partial charge in [0.1, 0.15) is 0 Å². The molecule has 2 N–H and O–H groups in total. The van der Waals surface area contributed by atoms with E-state index in [4.69, 9.17) is 0 Å². The van der Waals surface area contributed by atoms with Gasteiger partial charge in [-0.2, -0.15) is 0 Å². The van der Waals surface area contributed by atoms with Crippen LogP contribution in [0, 0.1) is 0 Å². The fourth-order valence-electron chi connectivity index (χ4n) is 2.31. The van der Waals surface area contributed by atoms with Crippen LogP contribution in [0.1, 0.15) is 10.4 Å². The van der Waals surface area contributed by atoms with Gasteiger partial charge < -0.3 is 10.6 Å². The monoisotopic (exact) mass is 322 g/mol. The largest absolute Gasteiger partial charge is 0.380 e. The number of para-hydroxylation sites is 1. The first-order valence-corrected chi connectivity index (χ1v) is 7.77. The summed E-state index contributed by atoms with van der Waals surface area (Å²) in [5.41, 5.74) is 2.73. The average molecular weight is 323 g/mol. The highest BCUT2D eigenvalue weighted by atomic mass is 79.9. The molecular formula is C14H15BrN2S. The van der Waals surface area contributed by atoms with Gasteiger partial charge in [-0.15, -0.1) is 11.3 Å². The normalized spacial score (nSPS) is 17.5. The molecule has 3 rings (SSSR count). The van der Waals surface area contributed by atoms with Crippen molar-refractivity contribution in [2.45, 2.75) is 19.0 Å². The van der Waals surface area contributed by atoms with E-state index in [2.05, 4.69) is 62.3 Å². The zero-order valence-electron chi connectivity index (χ0n) is 9.95. The second kappa shape index (κ2) is 5.43. The minimum absolute atomic E-state index is 0.515. The second-order valence-electron chi connectivity index (χ2n) is 4.53. The molecule has 0 saturated heterocycles. The molecule has 0 spiro atoms. The Hall–Kier alpha value is -0.840. The van der Waals surface area contributed by atoms with Crippen molar-refractivity contribution in [3.05, 3.63) is 50.6 Å². The Morgan fingerprint density at radius 2 is 2.22 bits per heavy atom. The van der Waals surface area contributed by atoms with Gasteiger partial charge in [-0.3, -0.25) is 0 Å². The van der Waals surface area contributed by atoms with Crippen LogP contribution in [0.3, 0.4) is 0 Å². The quantitative estimate of drug-likeness (QED) is 0.898. The predicted molar refractivity (Wildman–Crippen MR) is 81.3 cm³/mol. The number of nitrogens with one attached hydrogen (secondary N) is 2. The van der Waals surface area contributed by atoms with Gasteiger partial charge in [-0.25, -0.2) is 0 Å². The van der Waals surface area contributed by atoms with Gasteiger partial charge in [0.25, 0.3) is 0 Å². The molecule has 1 aromatic heterocycles. The molecule has 0 radical (unpaired) electrons. The van der Waals surface area contributed by atoms with E-state index >= 15 is 0 Å². The number of hydrogen-bond donors (Lipinski definition) is 2. The van der Waals surface area contributed by atoms with E-state index in [0.717, 1.165) is 19.5 Å². The molecule has 2 nitrogen and oxygen atoms in total. The lowest BCUT2D eigenvalue weighted by Gasteiger charge is -2.12. The van der Waals surface area contributed by atoms with Gasteiger partial charge in [0.2, 0.25) is 0 Å². The summed E-state index contributed by atoms with van der Waals surface area (Å²) >= 11 is 5.35. The lowest BCUT2D eigenvalue weighted by molar-refractivity contribution is 0.618. The van der Waals surface area contributed by atoms with Gasteiger partial charge in [0.05, 0.1) is 0 Å². The van der Waals surface area contributed by atoms with Crippen LogP contribution < -0.4 is 10.6 Å². The molecule has 0 aliphatic carbocycles. The smallest absolute Gasteiger partial charge is 0.0427 e. The van der Waals surface area contributed by atoms with E-state index < -0.39 is 0 Å². The maximum Gasteiger partial charge on any atom is 0.0427 e. The molecule has 1 aliphatic rings. The molecule has 1 unspecified atom stereocenters. The summed E-state index contributed by atoms with van der Waals surface area (Å²) in [6, 6.07) is 11.2. The minimum atomic E-state index is 0.515. The van der Waals surface area contributed by atoms with Gasteiger partial charge in [-0.1, -0.05) is 18.2 Å². The van der Waals surface area contributed by atoms with Gasteiger partial charge >= 0.3 is 0 Å². The van der Waals surface area contributed by atoms with Crippen molar-refractivity contribution in [3.63, 3.8) is 0 Å². The van der Waals surface area contributed by atoms with Crippen LogP contribution >= 0.6 is 27.3 Å². The Morgan fingerprint density at radius 1 is 1.33 bits per heavy atom. The molecule has 4 heteroatoms. The summed E-state index contributed by atoms with van der Waals surface area (Å²) in [5.74, 6) is 0. The van der Waals surface area contributed by atoms with E-state index in [9.17, 15) is 0 Å². The number of anilines is 1. The van der Waals surface area contributed by atoms with Gasteiger partial charge in [0.15, 0.2) is 0 Å². The van der Waals surface area contributed by atoms with Crippen LogP contribution in [-0.4, -0.2) is 12.6 Å². The summed E-state index contributed by atoms with van der Waals surface area (Å²) < 4.78 is 1.21. The number of thiophene rings is 1. The van der Waals surface area contributed by atoms with Crippen LogP contribution in [0.15, 0.2) is 40.2 Å². The molecule has 0 fully saturated rings. The number of benzene rings is 1. The van der Waals surface area contributed by atoms with E-state index in [-0.39, 0.29) is 0 Å². The Labute approximate surface area is 120 Å². The Bertz CT molecular complexity index is 513. The van der Waals surface area contributed by atoms with E-state index in [1.807, 2.05) is 0 Å². The molecule has 1 aliphatic heterocycles. The minimum Gasteiger partial charge on any atom is -0.380 e.